The number of esters is 1. The van der Waals surface area contributed by atoms with Gasteiger partial charge in [-0.25, -0.2) is 5.43 Å². The lowest BCUT2D eigenvalue weighted by atomic mass is 10.4. The summed E-state index contributed by atoms with van der Waals surface area (Å²) < 4.78 is 4.68. The van der Waals surface area contributed by atoms with Crippen LogP contribution in [-0.4, -0.2) is 24.5 Å². The molecule has 5 nitrogen and oxygen atoms in total. The lowest BCUT2D eigenvalue weighted by Crippen LogP contribution is -2.46. The second-order valence-corrected chi connectivity index (χ2v) is 2.30. The Hall–Kier alpha value is -1.10. The normalized spacial score (nSPS) is 11.9. The van der Waals surface area contributed by atoms with Gasteiger partial charge in [0.2, 0.25) is 5.91 Å². The molecule has 5 heteroatoms. The Labute approximate surface area is 71.4 Å². The fourth-order valence-corrected chi connectivity index (χ4v) is 0.536. The van der Waals surface area contributed by atoms with E-state index in [9.17, 15) is 9.59 Å². The number of carbonyl (C=O) groups is 2. The average molecular weight is 174 g/mol. The van der Waals surface area contributed by atoms with Gasteiger partial charge in [0, 0.05) is 6.92 Å². The highest BCUT2D eigenvalue weighted by Crippen LogP contribution is 1.85. The number of hydrazine groups is 1. The van der Waals surface area contributed by atoms with Crippen LogP contribution in [0.15, 0.2) is 0 Å². The standard InChI is InChI=1S/C7H14N2O3/c1-4-12-7(11)5(2)8-9-6(3)10/h5,8H,4H2,1-3H3,(H,9,10)/t5-/m0/s1. The van der Waals surface area contributed by atoms with E-state index in [-0.39, 0.29) is 11.9 Å². The molecule has 0 aliphatic heterocycles. The highest BCUT2D eigenvalue weighted by Gasteiger charge is 2.12. The summed E-state index contributed by atoms with van der Waals surface area (Å²) in [5.41, 5.74) is 4.79. The second kappa shape index (κ2) is 5.54. The van der Waals surface area contributed by atoms with E-state index in [1.807, 2.05) is 0 Å². The molecule has 0 aromatic rings. The van der Waals surface area contributed by atoms with E-state index in [1.54, 1.807) is 13.8 Å². The van der Waals surface area contributed by atoms with Crippen molar-refractivity contribution in [3.05, 3.63) is 0 Å². The maximum absolute atomic E-state index is 10.9. The molecular formula is C7H14N2O3. The zero-order chi connectivity index (χ0) is 9.56. The summed E-state index contributed by atoms with van der Waals surface area (Å²) >= 11 is 0. The fraction of sp³-hybridized carbons (Fsp3) is 0.714. The topological polar surface area (TPSA) is 67.4 Å². The first-order valence-corrected chi connectivity index (χ1v) is 3.76. The number of hydrogen-bond donors (Lipinski definition) is 2. The van der Waals surface area contributed by atoms with Crippen molar-refractivity contribution in [2.75, 3.05) is 6.61 Å². The molecule has 0 aromatic heterocycles. The lowest BCUT2D eigenvalue weighted by Gasteiger charge is -2.11. The Morgan fingerprint density at radius 1 is 1.50 bits per heavy atom. The molecule has 1 amide bonds. The van der Waals surface area contributed by atoms with Crippen molar-refractivity contribution >= 4 is 11.9 Å². The Kier molecular flexibility index (Phi) is 5.03. The zero-order valence-electron chi connectivity index (χ0n) is 7.51. The van der Waals surface area contributed by atoms with E-state index in [0.29, 0.717) is 6.61 Å². The molecule has 0 spiro atoms. The van der Waals surface area contributed by atoms with E-state index in [1.165, 1.54) is 6.92 Å². The number of rotatable bonds is 4. The van der Waals surface area contributed by atoms with Gasteiger partial charge in [0.1, 0.15) is 6.04 Å². The monoisotopic (exact) mass is 174 g/mol. The van der Waals surface area contributed by atoms with Crippen molar-refractivity contribution < 1.29 is 14.3 Å². The Morgan fingerprint density at radius 2 is 2.08 bits per heavy atom. The van der Waals surface area contributed by atoms with Crippen LogP contribution in [0.2, 0.25) is 0 Å². The molecule has 0 bridgehead atoms. The van der Waals surface area contributed by atoms with Gasteiger partial charge >= 0.3 is 5.97 Å². The van der Waals surface area contributed by atoms with Gasteiger partial charge in [0.15, 0.2) is 0 Å². The molecule has 0 rings (SSSR count). The largest absolute Gasteiger partial charge is 0.465 e. The van der Waals surface area contributed by atoms with Crippen LogP contribution in [0.3, 0.4) is 0 Å². The van der Waals surface area contributed by atoms with Crippen molar-refractivity contribution in [3.8, 4) is 0 Å². The summed E-state index contributed by atoms with van der Waals surface area (Å²) in [5, 5.41) is 0. The van der Waals surface area contributed by atoms with Crippen LogP contribution < -0.4 is 10.9 Å². The molecule has 0 saturated carbocycles. The Bertz CT molecular complexity index is 170. The molecule has 1 atom stereocenters. The quantitative estimate of drug-likeness (QED) is 0.448. The highest BCUT2D eigenvalue weighted by atomic mass is 16.5. The van der Waals surface area contributed by atoms with Gasteiger partial charge in [-0.15, -0.1) is 0 Å². The van der Waals surface area contributed by atoms with Crippen LogP contribution in [0.25, 0.3) is 0 Å². The first kappa shape index (κ1) is 10.9. The third-order valence-corrected chi connectivity index (χ3v) is 1.10. The maximum Gasteiger partial charge on any atom is 0.324 e. The zero-order valence-corrected chi connectivity index (χ0v) is 7.51. The number of nitrogens with one attached hydrogen (secondary N) is 2. The van der Waals surface area contributed by atoms with Crippen LogP contribution in [0.4, 0.5) is 0 Å². The third kappa shape index (κ3) is 4.68. The second-order valence-electron chi connectivity index (χ2n) is 2.30. The predicted octanol–water partition coefficient (Wildman–Crippen LogP) is -0.421. The summed E-state index contributed by atoms with van der Waals surface area (Å²) in [6, 6.07) is -0.520. The summed E-state index contributed by atoms with van der Waals surface area (Å²) in [7, 11) is 0. The van der Waals surface area contributed by atoms with Crippen molar-refractivity contribution in [2.45, 2.75) is 26.8 Å². The van der Waals surface area contributed by atoms with Crippen LogP contribution in [0.1, 0.15) is 20.8 Å². The van der Waals surface area contributed by atoms with Gasteiger partial charge in [-0.1, -0.05) is 0 Å². The molecule has 0 aliphatic carbocycles. The molecule has 0 unspecified atom stereocenters. The minimum absolute atomic E-state index is 0.244. The van der Waals surface area contributed by atoms with Gasteiger partial charge in [-0.2, -0.15) is 0 Å². The van der Waals surface area contributed by atoms with Crippen molar-refractivity contribution in [2.24, 2.45) is 0 Å². The van der Waals surface area contributed by atoms with E-state index < -0.39 is 6.04 Å². The van der Waals surface area contributed by atoms with Gasteiger partial charge in [-0.05, 0) is 13.8 Å². The van der Waals surface area contributed by atoms with Crippen molar-refractivity contribution in [3.63, 3.8) is 0 Å². The van der Waals surface area contributed by atoms with E-state index in [4.69, 9.17) is 0 Å². The van der Waals surface area contributed by atoms with Crippen LogP contribution in [0, 0.1) is 0 Å². The number of hydrogen-bond acceptors (Lipinski definition) is 4. The first-order chi connectivity index (χ1) is 5.57. The number of ether oxygens (including phenoxy) is 1. The minimum Gasteiger partial charge on any atom is -0.465 e. The number of amides is 1. The molecule has 70 valence electrons. The molecule has 0 saturated heterocycles. The van der Waals surface area contributed by atoms with E-state index >= 15 is 0 Å². The summed E-state index contributed by atoms with van der Waals surface area (Å²) in [4.78, 5) is 21.3. The molecule has 0 heterocycles. The van der Waals surface area contributed by atoms with Gasteiger partial charge < -0.3 is 4.74 Å². The maximum atomic E-state index is 10.9. The fourth-order valence-electron chi connectivity index (χ4n) is 0.536. The van der Waals surface area contributed by atoms with Crippen LogP contribution in [0.5, 0.6) is 0 Å². The summed E-state index contributed by atoms with van der Waals surface area (Å²) in [5.74, 6) is -0.627. The smallest absolute Gasteiger partial charge is 0.324 e. The van der Waals surface area contributed by atoms with E-state index in [2.05, 4.69) is 15.6 Å². The Balaban J connectivity index is 3.63. The molecule has 0 fully saturated rings. The molecule has 0 aliphatic rings. The molecule has 2 N–H and O–H groups in total. The molecule has 0 aromatic carbocycles. The van der Waals surface area contributed by atoms with Gasteiger partial charge in [-0.3, -0.25) is 15.0 Å². The molecule has 12 heavy (non-hydrogen) atoms. The van der Waals surface area contributed by atoms with Gasteiger partial charge in [0.25, 0.3) is 0 Å². The predicted molar refractivity (Wildman–Crippen MR) is 43.0 cm³/mol. The molecular weight excluding hydrogens is 160 g/mol. The Morgan fingerprint density at radius 3 is 2.50 bits per heavy atom. The van der Waals surface area contributed by atoms with E-state index in [0.717, 1.165) is 0 Å². The first-order valence-electron chi connectivity index (χ1n) is 3.76. The summed E-state index contributed by atoms with van der Waals surface area (Å²) in [6.45, 7) is 5.02. The van der Waals surface area contributed by atoms with Crippen molar-refractivity contribution in [1.82, 2.24) is 10.9 Å². The summed E-state index contributed by atoms with van der Waals surface area (Å²) in [6.07, 6.45) is 0. The van der Waals surface area contributed by atoms with Gasteiger partial charge in [0.05, 0.1) is 6.61 Å². The lowest BCUT2D eigenvalue weighted by molar-refractivity contribution is -0.145. The minimum atomic E-state index is -0.520. The average Bonchev–Trinajstić information content (AvgIpc) is 2.00. The van der Waals surface area contributed by atoms with Crippen LogP contribution in [-0.2, 0) is 14.3 Å². The SMILES string of the molecule is CCOC(=O)[C@H](C)NNC(C)=O. The number of carbonyl (C=O) groups excluding carboxylic acids is 2. The van der Waals surface area contributed by atoms with Crippen molar-refractivity contribution in [1.29, 1.82) is 0 Å². The highest BCUT2D eigenvalue weighted by molar-refractivity contribution is 5.76. The molecule has 0 radical (unpaired) electrons. The van der Waals surface area contributed by atoms with Crippen LogP contribution >= 0.6 is 0 Å². The third-order valence-electron chi connectivity index (χ3n) is 1.10.